The van der Waals surface area contributed by atoms with Gasteiger partial charge in [0.05, 0.1) is 18.5 Å². The van der Waals surface area contributed by atoms with Crippen molar-refractivity contribution in [3.8, 4) is 0 Å². The maximum Gasteiger partial charge on any atom is 0.212 e. The van der Waals surface area contributed by atoms with Gasteiger partial charge in [0.1, 0.15) is 0 Å². The van der Waals surface area contributed by atoms with E-state index in [0.29, 0.717) is 18.6 Å². The lowest BCUT2D eigenvalue weighted by Gasteiger charge is -2.21. The van der Waals surface area contributed by atoms with Crippen LogP contribution in [0.5, 0.6) is 0 Å². The van der Waals surface area contributed by atoms with Crippen molar-refractivity contribution < 1.29 is 13.2 Å². The molecule has 0 spiro atoms. The first-order valence-corrected chi connectivity index (χ1v) is 11.3. The lowest BCUT2D eigenvalue weighted by Crippen LogP contribution is -2.34. The zero-order valence-electron chi connectivity index (χ0n) is 15.4. The topological polar surface area (TPSA) is 55.4 Å². The van der Waals surface area contributed by atoms with E-state index in [4.69, 9.17) is 4.74 Å². The summed E-state index contributed by atoms with van der Waals surface area (Å²) in [5, 5.41) is 0. The Kier molecular flexibility index (Phi) is 6.18. The number of hydrogen-bond acceptors (Lipinski definition) is 3. The van der Waals surface area contributed by atoms with Gasteiger partial charge in [0.15, 0.2) is 0 Å². The van der Waals surface area contributed by atoms with Gasteiger partial charge >= 0.3 is 0 Å². The van der Waals surface area contributed by atoms with Crippen LogP contribution in [0.4, 0.5) is 0 Å². The average molecular weight is 366 g/mol. The Bertz CT molecular complexity index is 646. The molecule has 2 aliphatic rings. The second kappa shape index (κ2) is 8.19. The van der Waals surface area contributed by atoms with Gasteiger partial charge in [-0.1, -0.05) is 49.6 Å². The molecule has 0 radical (unpaired) electrons. The maximum absolute atomic E-state index is 12.7. The average Bonchev–Trinajstić information content (AvgIpc) is 3.27. The maximum atomic E-state index is 12.7. The minimum Gasteiger partial charge on any atom is -0.378 e. The van der Waals surface area contributed by atoms with E-state index in [-0.39, 0.29) is 17.7 Å². The van der Waals surface area contributed by atoms with Crippen LogP contribution < -0.4 is 4.72 Å². The number of sulfonamides is 1. The zero-order chi connectivity index (χ0) is 17.9. The molecule has 2 atom stereocenters. The Morgan fingerprint density at radius 1 is 1.12 bits per heavy atom. The molecule has 5 heteroatoms. The molecule has 2 saturated carbocycles. The van der Waals surface area contributed by atoms with Gasteiger partial charge in [0, 0.05) is 6.04 Å². The molecule has 0 heterocycles. The van der Waals surface area contributed by atoms with Crippen LogP contribution in [0.15, 0.2) is 24.3 Å². The zero-order valence-corrected chi connectivity index (χ0v) is 16.2. The molecule has 4 nitrogen and oxygen atoms in total. The Balaban J connectivity index is 1.55. The molecule has 3 rings (SSSR count). The first kappa shape index (κ1) is 18.9. The van der Waals surface area contributed by atoms with Crippen LogP contribution in [0.3, 0.4) is 0 Å². The van der Waals surface area contributed by atoms with Gasteiger partial charge in [-0.3, -0.25) is 0 Å². The fraction of sp³-hybridized carbons (Fsp3) is 0.700. The standard InChI is InChI=1S/C20H31NO3S/c1-15-7-9-17(10-8-15)20(18-11-12-18)21-25(22,23)14-16(2)13-24-19-5-3-4-6-19/h7-10,16,18-21H,3-6,11-14H2,1-2H3/t16-,20-/m0/s1. The number of ether oxygens (including phenoxy) is 1. The van der Waals surface area contributed by atoms with Gasteiger partial charge in [-0.15, -0.1) is 0 Å². The number of nitrogens with one attached hydrogen (secondary N) is 1. The quantitative estimate of drug-likeness (QED) is 0.721. The monoisotopic (exact) mass is 365 g/mol. The van der Waals surface area contributed by atoms with Crippen molar-refractivity contribution in [2.45, 2.75) is 64.5 Å². The van der Waals surface area contributed by atoms with E-state index in [1.54, 1.807) is 0 Å². The molecule has 0 unspecified atom stereocenters. The summed E-state index contributed by atoms with van der Waals surface area (Å²) in [4.78, 5) is 0. The molecule has 0 aromatic heterocycles. The van der Waals surface area contributed by atoms with Gasteiger partial charge in [-0.2, -0.15) is 0 Å². The van der Waals surface area contributed by atoms with Gasteiger partial charge in [-0.05, 0) is 50.0 Å². The summed E-state index contributed by atoms with van der Waals surface area (Å²) >= 11 is 0. The number of benzene rings is 1. The van der Waals surface area contributed by atoms with Crippen LogP contribution >= 0.6 is 0 Å². The highest BCUT2D eigenvalue weighted by Crippen LogP contribution is 2.41. The highest BCUT2D eigenvalue weighted by Gasteiger charge is 2.35. The van der Waals surface area contributed by atoms with E-state index in [2.05, 4.69) is 16.9 Å². The molecule has 0 saturated heterocycles. The number of aryl methyl sites for hydroxylation is 1. The molecule has 25 heavy (non-hydrogen) atoms. The van der Waals surface area contributed by atoms with Gasteiger partial charge in [0.25, 0.3) is 0 Å². The Morgan fingerprint density at radius 3 is 2.36 bits per heavy atom. The third-order valence-electron chi connectivity index (χ3n) is 5.26. The smallest absolute Gasteiger partial charge is 0.212 e. The van der Waals surface area contributed by atoms with E-state index in [0.717, 1.165) is 31.2 Å². The fourth-order valence-electron chi connectivity index (χ4n) is 3.66. The molecule has 1 aromatic rings. The molecule has 1 aromatic carbocycles. The van der Waals surface area contributed by atoms with Crippen LogP contribution in [-0.2, 0) is 14.8 Å². The summed E-state index contributed by atoms with van der Waals surface area (Å²) in [6.07, 6.45) is 7.24. The van der Waals surface area contributed by atoms with Crippen molar-refractivity contribution >= 4 is 10.0 Å². The van der Waals surface area contributed by atoms with Gasteiger partial charge in [0.2, 0.25) is 10.0 Å². The van der Waals surface area contributed by atoms with Crippen molar-refractivity contribution in [2.24, 2.45) is 11.8 Å². The summed E-state index contributed by atoms with van der Waals surface area (Å²) in [6, 6.07) is 8.11. The van der Waals surface area contributed by atoms with Crippen molar-refractivity contribution in [1.29, 1.82) is 0 Å². The summed E-state index contributed by atoms with van der Waals surface area (Å²) in [5.74, 6) is 0.577. The Labute approximate surface area is 152 Å². The third-order valence-corrected chi connectivity index (χ3v) is 6.88. The summed E-state index contributed by atoms with van der Waals surface area (Å²) < 4.78 is 34.2. The summed E-state index contributed by atoms with van der Waals surface area (Å²) in [6.45, 7) is 4.54. The van der Waals surface area contributed by atoms with Crippen LogP contribution in [0.25, 0.3) is 0 Å². The number of hydrogen-bond donors (Lipinski definition) is 1. The molecule has 2 aliphatic carbocycles. The fourth-order valence-corrected chi connectivity index (χ4v) is 5.32. The second-order valence-corrected chi connectivity index (χ2v) is 9.77. The van der Waals surface area contributed by atoms with E-state index in [9.17, 15) is 8.42 Å². The minimum absolute atomic E-state index is 0.0102. The highest BCUT2D eigenvalue weighted by atomic mass is 32.2. The highest BCUT2D eigenvalue weighted by molar-refractivity contribution is 7.89. The number of rotatable bonds is 9. The molecular formula is C20H31NO3S. The van der Waals surface area contributed by atoms with E-state index >= 15 is 0 Å². The molecule has 2 fully saturated rings. The van der Waals surface area contributed by atoms with Crippen molar-refractivity contribution in [2.75, 3.05) is 12.4 Å². The van der Waals surface area contributed by atoms with Crippen LogP contribution in [-0.4, -0.2) is 26.9 Å². The van der Waals surface area contributed by atoms with Crippen molar-refractivity contribution in [3.05, 3.63) is 35.4 Å². The minimum atomic E-state index is -3.32. The summed E-state index contributed by atoms with van der Waals surface area (Å²) in [5.41, 5.74) is 2.27. The molecular weight excluding hydrogens is 334 g/mol. The van der Waals surface area contributed by atoms with E-state index in [1.807, 2.05) is 26.0 Å². The van der Waals surface area contributed by atoms with Crippen LogP contribution in [0.1, 0.15) is 62.6 Å². The first-order valence-electron chi connectivity index (χ1n) is 9.61. The molecule has 0 aliphatic heterocycles. The predicted molar refractivity (Wildman–Crippen MR) is 101 cm³/mol. The van der Waals surface area contributed by atoms with Gasteiger partial charge < -0.3 is 4.74 Å². The Hall–Kier alpha value is -0.910. The van der Waals surface area contributed by atoms with Crippen molar-refractivity contribution in [1.82, 2.24) is 4.72 Å². The van der Waals surface area contributed by atoms with E-state index in [1.165, 1.54) is 18.4 Å². The van der Waals surface area contributed by atoms with Crippen LogP contribution in [0, 0.1) is 18.8 Å². The first-order chi connectivity index (χ1) is 11.9. The van der Waals surface area contributed by atoms with Crippen molar-refractivity contribution in [3.63, 3.8) is 0 Å². The van der Waals surface area contributed by atoms with Crippen LogP contribution in [0.2, 0.25) is 0 Å². The second-order valence-electron chi connectivity index (χ2n) is 7.97. The third kappa shape index (κ3) is 5.80. The molecule has 140 valence electrons. The lowest BCUT2D eigenvalue weighted by atomic mass is 10.0. The largest absolute Gasteiger partial charge is 0.378 e. The Morgan fingerprint density at radius 2 is 1.76 bits per heavy atom. The lowest BCUT2D eigenvalue weighted by molar-refractivity contribution is 0.0412. The molecule has 0 amide bonds. The molecule has 1 N–H and O–H groups in total. The van der Waals surface area contributed by atoms with E-state index < -0.39 is 10.0 Å². The normalized spacial score (nSPS) is 21.4. The predicted octanol–water partition coefficient (Wildman–Crippen LogP) is 3.96. The molecule has 0 bridgehead atoms. The van der Waals surface area contributed by atoms with Gasteiger partial charge in [-0.25, -0.2) is 13.1 Å². The summed E-state index contributed by atoms with van der Waals surface area (Å²) in [7, 11) is -3.32. The SMILES string of the molecule is Cc1ccc([C@H](NS(=O)(=O)C[C@@H](C)COC2CCCC2)C2CC2)cc1.